The zero-order valence-corrected chi connectivity index (χ0v) is 15.5. The quantitative estimate of drug-likeness (QED) is 0.731. The Kier molecular flexibility index (Phi) is 7.16. The first-order valence-electron chi connectivity index (χ1n) is 8.57. The van der Waals surface area contributed by atoms with Crippen molar-refractivity contribution in [1.29, 1.82) is 0 Å². The second-order valence-corrected chi connectivity index (χ2v) is 6.16. The molecule has 6 nitrogen and oxygen atoms in total. The molecule has 0 saturated carbocycles. The standard InChI is InChI=1S/C20H23FN2O4/c1-13(2)27-17-9-8-15(12-18(17)26-3)20(25)23-22-19(24)10-7-14-5-4-6-16(21)11-14/h4-6,8-9,11-13H,7,10H2,1-3H3,(H,22,24)(H,23,25). The average molecular weight is 374 g/mol. The zero-order valence-electron chi connectivity index (χ0n) is 15.5. The minimum absolute atomic E-state index is 0.0315. The largest absolute Gasteiger partial charge is 0.493 e. The number of ether oxygens (including phenoxy) is 2. The summed E-state index contributed by atoms with van der Waals surface area (Å²) in [5, 5.41) is 0. The van der Waals surface area contributed by atoms with E-state index in [1.54, 1.807) is 24.3 Å². The minimum Gasteiger partial charge on any atom is -0.493 e. The van der Waals surface area contributed by atoms with E-state index < -0.39 is 5.91 Å². The highest BCUT2D eigenvalue weighted by atomic mass is 19.1. The number of hydrogen-bond acceptors (Lipinski definition) is 4. The number of methoxy groups -OCH3 is 1. The monoisotopic (exact) mass is 374 g/mol. The van der Waals surface area contributed by atoms with Crippen LogP contribution in [-0.2, 0) is 11.2 Å². The molecule has 0 radical (unpaired) electrons. The second kappa shape index (κ2) is 9.56. The first-order valence-corrected chi connectivity index (χ1v) is 8.57. The van der Waals surface area contributed by atoms with Crippen LogP contribution < -0.4 is 20.3 Å². The predicted molar refractivity (Wildman–Crippen MR) is 99.1 cm³/mol. The number of carbonyl (C=O) groups excluding carboxylic acids is 2. The molecule has 0 bridgehead atoms. The molecule has 2 rings (SSSR count). The van der Waals surface area contributed by atoms with Gasteiger partial charge in [0.1, 0.15) is 5.82 Å². The number of aryl methyl sites for hydroxylation is 1. The lowest BCUT2D eigenvalue weighted by Gasteiger charge is -2.14. The lowest BCUT2D eigenvalue weighted by molar-refractivity contribution is -0.121. The van der Waals surface area contributed by atoms with E-state index >= 15 is 0 Å². The van der Waals surface area contributed by atoms with Crippen molar-refractivity contribution in [3.8, 4) is 11.5 Å². The number of nitrogens with one attached hydrogen (secondary N) is 2. The van der Waals surface area contributed by atoms with Crippen LogP contribution in [-0.4, -0.2) is 25.0 Å². The fourth-order valence-electron chi connectivity index (χ4n) is 2.37. The Hall–Kier alpha value is -3.09. The SMILES string of the molecule is COc1cc(C(=O)NNC(=O)CCc2cccc(F)c2)ccc1OC(C)C. The minimum atomic E-state index is -0.483. The molecule has 2 aromatic carbocycles. The Balaban J connectivity index is 1.88. The van der Waals surface area contributed by atoms with Crippen LogP contribution in [0, 0.1) is 5.82 Å². The van der Waals surface area contributed by atoms with E-state index in [0.717, 1.165) is 0 Å². The van der Waals surface area contributed by atoms with Gasteiger partial charge >= 0.3 is 0 Å². The maximum absolute atomic E-state index is 13.1. The number of hydrogen-bond donors (Lipinski definition) is 2. The number of carbonyl (C=O) groups is 2. The van der Waals surface area contributed by atoms with Gasteiger partial charge in [-0.05, 0) is 56.2 Å². The van der Waals surface area contributed by atoms with E-state index in [-0.39, 0.29) is 24.2 Å². The average Bonchev–Trinajstić information content (AvgIpc) is 2.64. The molecule has 27 heavy (non-hydrogen) atoms. The molecular weight excluding hydrogens is 351 g/mol. The van der Waals surface area contributed by atoms with Crippen LogP contribution in [0.4, 0.5) is 4.39 Å². The van der Waals surface area contributed by atoms with E-state index in [0.29, 0.717) is 29.0 Å². The Labute approximate surface area is 157 Å². The van der Waals surface area contributed by atoms with Gasteiger partial charge < -0.3 is 9.47 Å². The fraction of sp³-hybridized carbons (Fsp3) is 0.300. The summed E-state index contributed by atoms with van der Waals surface area (Å²) in [5.74, 6) is -0.250. The van der Waals surface area contributed by atoms with Gasteiger partial charge in [-0.1, -0.05) is 12.1 Å². The first-order chi connectivity index (χ1) is 12.9. The lowest BCUT2D eigenvalue weighted by Crippen LogP contribution is -2.41. The molecule has 7 heteroatoms. The molecule has 0 aliphatic heterocycles. The highest BCUT2D eigenvalue weighted by Crippen LogP contribution is 2.28. The summed E-state index contributed by atoms with van der Waals surface area (Å²) in [4.78, 5) is 24.1. The molecule has 0 heterocycles. The maximum Gasteiger partial charge on any atom is 0.269 e. The molecule has 2 aromatic rings. The first kappa shape index (κ1) is 20.2. The molecular formula is C20H23FN2O4. The summed E-state index contributed by atoms with van der Waals surface area (Å²) in [6, 6.07) is 10.8. The van der Waals surface area contributed by atoms with Crippen LogP contribution in [0.15, 0.2) is 42.5 Å². The van der Waals surface area contributed by atoms with Gasteiger partial charge in [0.25, 0.3) is 5.91 Å². The summed E-state index contributed by atoms with van der Waals surface area (Å²) in [7, 11) is 1.48. The molecule has 0 fully saturated rings. The van der Waals surface area contributed by atoms with Crippen molar-refractivity contribution in [2.24, 2.45) is 0 Å². The van der Waals surface area contributed by atoms with Crippen molar-refractivity contribution in [3.63, 3.8) is 0 Å². The predicted octanol–water partition coefficient (Wildman–Crippen LogP) is 3.02. The summed E-state index contributed by atoms with van der Waals surface area (Å²) in [6.45, 7) is 3.78. The lowest BCUT2D eigenvalue weighted by atomic mass is 10.1. The van der Waals surface area contributed by atoms with Gasteiger partial charge in [-0.3, -0.25) is 20.4 Å². The van der Waals surface area contributed by atoms with E-state index in [2.05, 4.69) is 10.9 Å². The van der Waals surface area contributed by atoms with Gasteiger partial charge in [-0.15, -0.1) is 0 Å². The molecule has 0 aliphatic carbocycles. The van der Waals surface area contributed by atoms with Gasteiger partial charge in [-0.2, -0.15) is 0 Å². The zero-order chi connectivity index (χ0) is 19.8. The van der Waals surface area contributed by atoms with Crippen molar-refractivity contribution >= 4 is 11.8 Å². The van der Waals surface area contributed by atoms with Gasteiger partial charge in [-0.25, -0.2) is 4.39 Å². The molecule has 0 aliphatic rings. The molecule has 2 amide bonds. The molecule has 0 saturated heterocycles. The Morgan fingerprint density at radius 2 is 1.85 bits per heavy atom. The van der Waals surface area contributed by atoms with Crippen LogP contribution in [0.1, 0.15) is 36.2 Å². The Bertz CT molecular complexity index is 808. The number of amides is 2. The van der Waals surface area contributed by atoms with Crippen LogP contribution >= 0.6 is 0 Å². The third kappa shape index (κ3) is 6.29. The third-order valence-electron chi connectivity index (χ3n) is 3.63. The van der Waals surface area contributed by atoms with Crippen LogP contribution in [0.2, 0.25) is 0 Å². The number of rotatable bonds is 7. The second-order valence-electron chi connectivity index (χ2n) is 6.16. The normalized spacial score (nSPS) is 10.4. The third-order valence-corrected chi connectivity index (χ3v) is 3.63. The summed E-state index contributed by atoms with van der Waals surface area (Å²) in [6.07, 6.45) is 0.457. The van der Waals surface area contributed by atoms with E-state index in [1.807, 2.05) is 13.8 Å². The van der Waals surface area contributed by atoms with E-state index in [9.17, 15) is 14.0 Å². The number of hydrazine groups is 1. The molecule has 0 unspecified atom stereocenters. The topological polar surface area (TPSA) is 76.7 Å². The van der Waals surface area contributed by atoms with Crippen LogP contribution in [0.5, 0.6) is 11.5 Å². The number of halogens is 1. The van der Waals surface area contributed by atoms with Crippen molar-refractivity contribution in [3.05, 3.63) is 59.4 Å². The molecule has 0 atom stereocenters. The van der Waals surface area contributed by atoms with Crippen molar-refractivity contribution < 1.29 is 23.5 Å². The van der Waals surface area contributed by atoms with E-state index in [1.165, 1.54) is 25.3 Å². The maximum atomic E-state index is 13.1. The van der Waals surface area contributed by atoms with Gasteiger partial charge in [0, 0.05) is 12.0 Å². The molecule has 0 aromatic heterocycles. The fourth-order valence-corrected chi connectivity index (χ4v) is 2.37. The Morgan fingerprint density at radius 3 is 2.52 bits per heavy atom. The Morgan fingerprint density at radius 1 is 1.07 bits per heavy atom. The molecule has 2 N–H and O–H groups in total. The van der Waals surface area contributed by atoms with Crippen LogP contribution in [0.3, 0.4) is 0 Å². The van der Waals surface area contributed by atoms with Crippen LogP contribution in [0.25, 0.3) is 0 Å². The summed E-state index contributed by atoms with van der Waals surface area (Å²) >= 11 is 0. The number of benzene rings is 2. The van der Waals surface area contributed by atoms with Gasteiger partial charge in [0.05, 0.1) is 13.2 Å². The van der Waals surface area contributed by atoms with Crippen molar-refractivity contribution in [2.75, 3.05) is 7.11 Å². The smallest absolute Gasteiger partial charge is 0.269 e. The van der Waals surface area contributed by atoms with E-state index in [4.69, 9.17) is 9.47 Å². The molecule has 144 valence electrons. The highest BCUT2D eigenvalue weighted by molar-refractivity contribution is 5.96. The highest BCUT2D eigenvalue weighted by Gasteiger charge is 2.13. The summed E-state index contributed by atoms with van der Waals surface area (Å²) in [5.41, 5.74) is 5.72. The molecule has 0 spiro atoms. The summed E-state index contributed by atoms with van der Waals surface area (Å²) < 4.78 is 24.0. The van der Waals surface area contributed by atoms with Gasteiger partial charge in [0.15, 0.2) is 11.5 Å². The van der Waals surface area contributed by atoms with Crippen molar-refractivity contribution in [2.45, 2.75) is 32.8 Å². The van der Waals surface area contributed by atoms with Crippen molar-refractivity contribution in [1.82, 2.24) is 10.9 Å². The van der Waals surface area contributed by atoms with Gasteiger partial charge in [0.2, 0.25) is 5.91 Å².